The zero-order chi connectivity index (χ0) is 12.5. The van der Waals surface area contributed by atoms with Crippen LogP contribution in [-0.2, 0) is 5.33 Å². The predicted molar refractivity (Wildman–Crippen MR) is 78.1 cm³/mol. The van der Waals surface area contributed by atoms with E-state index in [1.165, 1.54) is 36.8 Å². The maximum Gasteiger partial charge on any atom is 0.126 e. The van der Waals surface area contributed by atoms with Crippen molar-refractivity contribution in [2.45, 2.75) is 51.3 Å². The highest BCUT2D eigenvalue weighted by atomic mass is 79.9. The molecule has 0 fully saturated rings. The Morgan fingerprint density at radius 2 is 1.88 bits per heavy atom. The third-order valence-corrected chi connectivity index (χ3v) is 3.54. The lowest BCUT2D eigenvalue weighted by Crippen LogP contribution is -2.01. The molecule has 0 spiro atoms. The molecule has 0 heterocycles. The Hall–Kier alpha value is -0.500. The van der Waals surface area contributed by atoms with Crippen molar-refractivity contribution in [2.75, 3.05) is 6.61 Å². The van der Waals surface area contributed by atoms with E-state index in [-0.39, 0.29) is 0 Å². The van der Waals surface area contributed by atoms with Gasteiger partial charge in [0.05, 0.1) is 6.61 Å². The van der Waals surface area contributed by atoms with Crippen molar-refractivity contribution in [3.05, 3.63) is 29.3 Å². The summed E-state index contributed by atoms with van der Waals surface area (Å²) in [6, 6.07) is 6.31. The van der Waals surface area contributed by atoms with Gasteiger partial charge in [0.25, 0.3) is 0 Å². The molecule has 17 heavy (non-hydrogen) atoms. The van der Waals surface area contributed by atoms with Crippen LogP contribution in [0.15, 0.2) is 18.2 Å². The molecule has 0 saturated carbocycles. The van der Waals surface area contributed by atoms with E-state index in [0.29, 0.717) is 0 Å². The number of halogens is 1. The van der Waals surface area contributed by atoms with Crippen LogP contribution in [-0.4, -0.2) is 6.61 Å². The van der Waals surface area contributed by atoms with Crippen molar-refractivity contribution < 1.29 is 4.74 Å². The summed E-state index contributed by atoms with van der Waals surface area (Å²) >= 11 is 3.51. The van der Waals surface area contributed by atoms with Gasteiger partial charge in [0.1, 0.15) is 5.75 Å². The van der Waals surface area contributed by atoms with E-state index in [1.54, 1.807) is 0 Å². The molecule has 0 saturated heterocycles. The maximum atomic E-state index is 5.91. The van der Waals surface area contributed by atoms with Gasteiger partial charge < -0.3 is 4.74 Å². The van der Waals surface area contributed by atoms with Crippen LogP contribution in [0, 0.1) is 6.92 Å². The first-order valence-corrected chi connectivity index (χ1v) is 7.69. The minimum absolute atomic E-state index is 0.842. The van der Waals surface area contributed by atoms with E-state index in [9.17, 15) is 0 Å². The zero-order valence-electron chi connectivity index (χ0n) is 11.0. The highest BCUT2D eigenvalue weighted by molar-refractivity contribution is 9.08. The molecule has 0 aliphatic carbocycles. The average molecular weight is 299 g/mol. The third-order valence-electron chi connectivity index (χ3n) is 2.93. The lowest BCUT2D eigenvalue weighted by Gasteiger charge is -2.12. The van der Waals surface area contributed by atoms with Crippen molar-refractivity contribution in [2.24, 2.45) is 0 Å². The van der Waals surface area contributed by atoms with Crippen LogP contribution < -0.4 is 4.74 Å². The fourth-order valence-electron chi connectivity index (χ4n) is 1.90. The van der Waals surface area contributed by atoms with Crippen LogP contribution in [0.2, 0.25) is 0 Å². The van der Waals surface area contributed by atoms with E-state index in [4.69, 9.17) is 4.74 Å². The SMILES string of the molecule is CCCCCCCOc1c(C)cccc1CBr. The first kappa shape index (κ1) is 14.6. The van der Waals surface area contributed by atoms with Gasteiger partial charge in [0.2, 0.25) is 0 Å². The topological polar surface area (TPSA) is 9.23 Å². The maximum absolute atomic E-state index is 5.91. The molecule has 0 N–H and O–H groups in total. The van der Waals surface area contributed by atoms with Crippen LogP contribution in [0.4, 0.5) is 0 Å². The molecule has 1 nitrogen and oxygen atoms in total. The van der Waals surface area contributed by atoms with Crippen LogP contribution in [0.5, 0.6) is 5.75 Å². The molecule has 1 rings (SSSR count). The van der Waals surface area contributed by atoms with Gasteiger partial charge in [0, 0.05) is 10.9 Å². The number of ether oxygens (including phenoxy) is 1. The molecule has 1 aromatic rings. The second kappa shape index (κ2) is 8.57. The summed E-state index contributed by atoms with van der Waals surface area (Å²) in [6.45, 7) is 5.19. The molecule has 0 atom stereocenters. The number of unbranched alkanes of at least 4 members (excludes halogenated alkanes) is 4. The summed E-state index contributed by atoms with van der Waals surface area (Å²) in [5.41, 5.74) is 2.48. The monoisotopic (exact) mass is 298 g/mol. The smallest absolute Gasteiger partial charge is 0.126 e. The molecule has 2 heteroatoms. The Bertz CT molecular complexity index is 323. The Morgan fingerprint density at radius 1 is 1.12 bits per heavy atom. The Kier molecular flexibility index (Phi) is 7.34. The second-order valence-electron chi connectivity index (χ2n) is 4.46. The Labute approximate surface area is 114 Å². The van der Waals surface area contributed by atoms with E-state index in [0.717, 1.165) is 24.1 Å². The van der Waals surface area contributed by atoms with Gasteiger partial charge in [-0.25, -0.2) is 0 Å². The zero-order valence-corrected chi connectivity index (χ0v) is 12.6. The summed E-state index contributed by atoms with van der Waals surface area (Å²) in [4.78, 5) is 0. The number of rotatable bonds is 8. The molecule has 0 bridgehead atoms. The quantitative estimate of drug-likeness (QED) is 0.471. The van der Waals surface area contributed by atoms with Crippen LogP contribution in [0.3, 0.4) is 0 Å². The fraction of sp³-hybridized carbons (Fsp3) is 0.600. The van der Waals surface area contributed by atoms with E-state index >= 15 is 0 Å². The highest BCUT2D eigenvalue weighted by Gasteiger charge is 2.05. The molecule has 0 unspecified atom stereocenters. The summed E-state index contributed by atoms with van der Waals surface area (Å²) in [6.07, 6.45) is 6.42. The number of benzene rings is 1. The normalized spacial score (nSPS) is 10.5. The number of alkyl halides is 1. The van der Waals surface area contributed by atoms with Crippen LogP contribution in [0.25, 0.3) is 0 Å². The van der Waals surface area contributed by atoms with Gasteiger partial charge >= 0.3 is 0 Å². The van der Waals surface area contributed by atoms with Gasteiger partial charge in [-0.1, -0.05) is 66.7 Å². The first-order valence-electron chi connectivity index (χ1n) is 6.56. The minimum atomic E-state index is 0.842. The Morgan fingerprint density at radius 3 is 2.59 bits per heavy atom. The highest BCUT2D eigenvalue weighted by Crippen LogP contribution is 2.25. The van der Waals surface area contributed by atoms with Crippen molar-refractivity contribution >= 4 is 15.9 Å². The standard InChI is InChI=1S/C15H23BrO/c1-3-4-5-6-7-11-17-15-13(2)9-8-10-14(15)12-16/h8-10H,3-7,11-12H2,1-2H3. The van der Waals surface area contributed by atoms with Crippen molar-refractivity contribution in [1.82, 2.24) is 0 Å². The summed E-state index contributed by atoms with van der Waals surface area (Å²) in [5.74, 6) is 1.07. The van der Waals surface area contributed by atoms with E-state index in [2.05, 4.69) is 48.0 Å². The first-order chi connectivity index (χ1) is 8.29. The number of para-hydroxylation sites is 1. The second-order valence-corrected chi connectivity index (χ2v) is 5.02. The van der Waals surface area contributed by atoms with E-state index < -0.39 is 0 Å². The van der Waals surface area contributed by atoms with Gasteiger partial charge in [-0.05, 0) is 18.9 Å². The predicted octanol–water partition coefficient (Wildman–Crippen LogP) is 5.24. The van der Waals surface area contributed by atoms with Gasteiger partial charge in [-0.3, -0.25) is 0 Å². The third kappa shape index (κ3) is 5.12. The molecular weight excluding hydrogens is 276 g/mol. The fourth-order valence-corrected chi connectivity index (χ4v) is 2.35. The molecule has 0 aliphatic heterocycles. The average Bonchev–Trinajstić information content (AvgIpc) is 2.35. The van der Waals surface area contributed by atoms with Gasteiger partial charge in [-0.2, -0.15) is 0 Å². The number of hydrogen-bond acceptors (Lipinski definition) is 1. The summed E-state index contributed by atoms with van der Waals surface area (Å²) in [7, 11) is 0. The summed E-state index contributed by atoms with van der Waals surface area (Å²) < 4.78 is 5.91. The van der Waals surface area contributed by atoms with Crippen LogP contribution >= 0.6 is 15.9 Å². The van der Waals surface area contributed by atoms with Crippen molar-refractivity contribution in [1.29, 1.82) is 0 Å². The molecule has 0 aliphatic rings. The molecule has 0 radical (unpaired) electrons. The lowest BCUT2D eigenvalue weighted by atomic mass is 10.1. The largest absolute Gasteiger partial charge is 0.493 e. The van der Waals surface area contributed by atoms with Crippen LogP contribution in [0.1, 0.15) is 50.2 Å². The van der Waals surface area contributed by atoms with Crippen molar-refractivity contribution in [3.63, 3.8) is 0 Å². The molecule has 0 amide bonds. The van der Waals surface area contributed by atoms with Gasteiger partial charge in [-0.15, -0.1) is 0 Å². The minimum Gasteiger partial charge on any atom is -0.493 e. The van der Waals surface area contributed by atoms with Gasteiger partial charge in [0.15, 0.2) is 0 Å². The summed E-state index contributed by atoms with van der Waals surface area (Å²) in [5, 5.41) is 0.861. The molecule has 1 aromatic carbocycles. The van der Waals surface area contributed by atoms with Crippen molar-refractivity contribution in [3.8, 4) is 5.75 Å². The molecule has 0 aromatic heterocycles. The number of hydrogen-bond donors (Lipinski definition) is 0. The Balaban J connectivity index is 2.35. The lowest BCUT2D eigenvalue weighted by molar-refractivity contribution is 0.300. The van der Waals surface area contributed by atoms with E-state index in [1.807, 2.05) is 0 Å². The molecular formula is C15H23BrO. The number of aryl methyl sites for hydroxylation is 1. The molecule has 96 valence electrons.